The van der Waals surface area contributed by atoms with Gasteiger partial charge in [-0.15, -0.1) is 0 Å². The summed E-state index contributed by atoms with van der Waals surface area (Å²) >= 11 is 0. The summed E-state index contributed by atoms with van der Waals surface area (Å²) in [5.41, 5.74) is 3.51. The first-order chi connectivity index (χ1) is 15.7. The van der Waals surface area contributed by atoms with Gasteiger partial charge in [-0.25, -0.2) is 0 Å². The van der Waals surface area contributed by atoms with Gasteiger partial charge in [0.1, 0.15) is 23.0 Å². The molecule has 4 aromatic carbocycles. The zero-order valence-electron chi connectivity index (χ0n) is 18.6. The van der Waals surface area contributed by atoms with Crippen LogP contribution in [0.15, 0.2) is 71.1 Å². The Morgan fingerprint density at radius 2 is 1.45 bits per heavy atom. The summed E-state index contributed by atoms with van der Waals surface area (Å²) in [4.78, 5) is 11.2. The molecule has 0 aliphatic rings. The van der Waals surface area contributed by atoms with Gasteiger partial charge in [0.2, 0.25) is 5.55 Å². The molecule has 0 spiro atoms. The Kier molecular flexibility index (Phi) is 5.68. The fraction of sp³-hybridized carbons (Fsp3) is 0.107. The number of Topliss-reactive ketones (excluding diaryl/α,β-unsaturated/α-hetero) is 1. The topological polar surface area (TPSA) is 98.1 Å². The molecule has 2 N–H and O–H groups in total. The lowest BCUT2D eigenvalue weighted by molar-refractivity contribution is 0.101. The number of carbonyl (C=O) groups is 1. The number of benzene rings is 4. The maximum absolute atomic E-state index is 11.2. The summed E-state index contributed by atoms with van der Waals surface area (Å²) in [6, 6.07) is 23.0. The van der Waals surface area contributed by atoms with Crippen LogP contribution in [-0.2, 0) is 0 Å². The molecule has 0 unspecified atom stereocenters. The maximum atomic E-state index is 11.2. The quantitative estimate of drug-likeness (QED) is 0.239. The van der Waals surface area contributed by atoms with E-state index in [-0.39, 0.29) is 22.7 Å². The van der Waals surface area contributed by atoms with Crippen LogP contribution in [0.25, 0.3) is 32.5 Å². The van der Waals surface area contributed by atoms with Gasteiger partial charge < -0.3 is 9.52 Å². The molecule has 0 bridgehead atoms. The van der Waals surface area contributed by atoms with Gasteiger partial charge in [0.25, 0.3) is 0 Å². The predicted octanol–water partition coefficient (Wildman–Crippen LogP) is 6.30. The number of aryl methyl sites for hydroxylation is 2. The van der Waals surface area contributed by atoms with Crippen LogP contribution in [0, 0.1) is 30.6 Å². The van der Waals surface area contributed by atoms with E-state index < -0.39 is 0 Å². The SMILES string of the molecule is CC(=O)c1cc2ccc(C)cc2cc1O.Cc1ccc2cc3cc(C#N)c(=N)oc3cc2c1. The zero-order valence-corrected chi connectivity index (χ0v) is 18.6. The Bertz CT molecular complexity index is 1660. The van der Waals surface area contributed by atoms with Crippen LogP contribution in [0.5, 0.6) is 5.75 Å². The molecule has 0 atom stereocenters. The normalized spacial score (nSPS) is 10.6. The number of phenols is 1. The number of hydrogen-bond acceptors (Lipinski definition) is 5. The third-order valence-electron chi connectivity index (χ3n) is 5.49. The summed E-state index contributed by atoms with van der Waals surface area (Å²) in [6.07, 6.45) is 0. The van der Waals surface area contributed by atoms with E-state index in [1.807, 2.05) is 56.3 Å². The number of carbonyl (C=O) groups excluding carboxylic acids is 1. The minimum absolute atomic E-state index is 0.0561. The Labute approximate surface area is 190 Å². The average molecular weight is 434 g/mol. The summed E-state index contributed by atoms with van der Waals surface area (Å²) in [5.74, 6) is -0.0597. The monoisotopic (exact) mass is 434 g/mol. The van der Waals surface area contributed by atoms with Crippen LogP contribution < -0.4 is 5.55 Å². The Hall–Kier alpha value is -4.43. The minimum Gasteiger partial charge on any atom is -0.507 e. The zero-order chi connectivity index (χ0) is 23.7. The number of aromatic hydroxyl groups is 1. The minimum atomic E-state index is -0.116. The van der Waals surface area contributed by atoms with Crippen LogP contribution >= 0.6 is 0 Å². The summed E-state index contributed by atoms with van der Waals surface area (Å²) in [6.45, 7) is 5.49. The van der Waals surface area contributed by atoms with Gasteiger partial charge in [0.05, 0.1) is 5.56 Å². The van der Waals surface area contributed by atoms with Crippen molar-refractivity contribution in [2.24, 2.45) is 0 Å². The van der Waals surface area contributed by atoms with Gasteiger partial charge in [-0.1, -0.05) is 47.5 Å². The highest BCUT2D eigenvalue weighted by atomic mass is 16.3. The van der Waals surface area contributed by atoms with E-state index in [1.54, 1.807) is 18.2 Å². The molecule has 0 aliphatic carbocycles. The second-order valence-electron chi connectivity index (χ2n) is 8.12. The van der Waals surface area contributed by atoms with Crippen molar-refractivity contribution in [3.8, 4) is 11.8 Å². The lowest BCUT2D eigenvalue weighted by Crippen LogP contribution is -2.03. The molecule has 5 nitrogen and oxygen atoms in total. The molecular formula is C28H22N2O3. The Balaban J connectivity index is 0.000000160. The van der Waals surface area contributed by atoms with Gasteiger partial charge in [0, 0.05) is 5.39 Å². The highest BCUT2D eigenvalue weighted by Gasteiger charge is 2.08. The van der Waals surface area contributed by atoms with E-state index in [4.69, 9.17) is 15.1 Å². The highest BCUT2D eigenvalue weighted by Crippen LogP contribution is 2.26. The lowest BCUT2D eigenvalue weighted by Gasteiger charge is -2.04. The largest absolute Gasteiger partial charge is 0.507 e. The van der Waals surface area contributed by atoms with Crippen LogP contribution in [-0.4, -0.2) is 10.9 Å². The third kappa shape index (κ3) is 4.46. The number of nitriles is 1. The van der Waals surface area contributed by atoms with Crippen molar-refractivity contribution in [3.05, 3.63) is 94.5 Å². The molecule has 162 valence electrons. The molecular weight excluding hydrogens is 412 g/mol. The van der Waals surface area contributed by atoms with Gasteiger partial charge in [-0.2, -0.15) is 5.26 Å². The second kappa shape index (κ2) is 8.60. The van der Waals surface area contributed by atoms with E-state index in [0.29, 0.717) is 11.1 Å². The van der Waals surface area contributed by atoms with Gasteiger partial charge in [-0.3, -0.25) is 10.2 Å². The number of phenolic OH excluding ortho intramolecular Hbond substituents is 1. The van der Waals surface area contributed by atoms with E-state index >= 15 is 0 Å². The molecule has 33 heavy (non-hydrogen) atoms. The first-order valence-corrected chi connectivity index (χ1v) is 10.4. The molecule has 5 rings (SSSR count). The molecule has 1 heterocycles. The standard InChI is InChI=1S/C15H10N2O.C13H12O2/c1-9-2-3-10-5-12-6-13(8-16)15(17)18-14(12)7-11(10)4-9;1-8-3-4-10-6-12(9(2)14)13(15)7-11(10)5-8/h2-7,17H,1H3;3-7,15H,1-2H3. The van der Waals surface area contributed by atoms with Gasteiger partial charge in [0.15, 0.2) is 5.78 Å². The fourth-order valence-corrected chi connectivity index (χ4v) is 3.77. The number of ketones is 1. The molecule has 0 saturated heterocycles. The lowest BCUT2D eigenvalue weighted by atomic mass is 10.0. The van der Waals surface area contributed by atoms with Crippen molar-refractivity contribution in [3.63, 3.8) is 0 Å². The Morgan fingerprint density at radius 3 is 2.06 bits per heavy atom. The summed E-state index contributed by atoms with van der Waals surface area (Å²) in [5, 5.41) is 31.1. The predicted molar refractivity (Wildman–Crippen MR) is 129 cm³/mol. The second-order valence-corrected chi connectivity index (χ2v) is 8.12. The van der Waals surface area contributed by atoms with Crippen molar-refractivity contribution >= 4 is 38.3 Å². The first-order valence-electron chi connectivity index (χ1n) is 10.4. The van der Waals surface area contributed by atoms with Crippen molar-refractivity contribution in [1.29, 1.82) is 10.7 Å². The van der Waals surface area contributed by atoms with Crippen LogP contribution in [0.4, 0.5) is 0 Å². The fourth-order valence-electron chi connectivity index (χ4n) is 3.77. The van der Waals surface area contributed by atoms with Gasteiger partial charge in [-0.05, 0) is 72.6 Å². The number of nitrogens with one attached hydrogen (secondary N) is 1. The van der Waals surface area contributed by atoms with Crippen LogP contribution in [0.2, 0.25) is 0 Å². The number of fused-ring (bicyclic) bond motifs is 3. The molecule has 1 aromatic heterocycles. The van der Waals surface area contributed by atoms with Crippen molar-refractivity contribution < 1.29 is 14.3 Å². The van der Waals surface area contributed by atoms with Gasteiger partial charge >= 0.3 is 0 Å². The van der Waals surface area contributed by atoms with Crippen LogP contribution in [0.1, 0.15) is 34.0 Å². The van der Waals surface area contributed by atoms with Crippen molar-refractivity contribution in [2.75, 3.05) is 0 Å². The summed E-state index contributed by atoms with van der Waals surface area (Å²) in [7, 11) is 0. The molecule has 0 fully saturated rings. The maximum Gasteiger partial charge on any atom is 0.229 e. The third-order valence-corrected chi connectivity index (χ3v) is 5.49. The molecule has 5 aromatic rings. The van der Waals surface area contributed by atoms with E-state index in [1.165, 1.54) is 12.5 Å². The highest BCUT2D eigenvalue weighted by molar-refractivity contribution is 6.01. The Morgan fingerprint density at radius 1 is 0.848 bits per heavy atom. The molecule has 0 radical (unpaired) electrons. The van der Waals surface area contributed by atoms with E-state index in [2.05, 4.69) is 12.1 Å². The number of hydrogen-bond donors (Lipinski definition) is 2. The molecule has 0 aliphatic heterocycles. The molecule has 0 amide bonds. The first kappa shape index (κ1) is 21.8. The van der Waals surface area contributed by atoms with E-state index in [0.717, 1.165) is 32.5 Å². The summed E-state index contributed by atoms with van der Waals surface area (Å²) < 4.78 is 5.38. The molecule has 5 heteroatoms. The average Bonchev–Trinajstić information content (AvgIpc) is 2.77. The smallest absolute Gasteiger partial charge is 0.229 e. The van der Waals surface area contributed by atoms with E-state index in [9.17, 15) is 9.90 Å². The number of rotatable bonds is 1. The van der Waals surface area contributed by atoms with Crippen LogP contribution in [0.3, 0.4) is 0 Å². The number of nitrogens with zero attached hydrogens (tertiary/aromatic N) is 1. The van der Waals surface area contributed by atoms with Crippen molar-refractivity contribution in [1.82, 2.24) is 0 Å². The van der Waals surface area contributed by atoms with Crippen molar-refractivity contribution in [2.45, 2.75) is 20.8 Å². The molecule has 0 saturated carbocycles.